The van der Waals surface area contributed by atoms with Gasteiger partial charge < -0.3 is 10.6 Å². The summed E-state index contributed by atoms with van der Waals surface area (Å²) in [5.74, 6) is -1.39. The van der Waals surface area contributed by atoms with Gasteiger partial charge in [-0.2, -0.15) is 0 Å². The van der Waals surface area contributed by atoms with E-state index >= 15 is 0 Å². The van der Waals surface area contributed by atoms with Crippen LogP contribution in [0.2, 0.25) is 0 Å². The summed E-state index contributed by atoms with van der Waals surface area (Å²) < 4.78 is 26.6. The molecule has 2 heterocycles. The van der Waals surface area contributed by atoms with Gasteiger partial charge in [0.25, 0.3) is 5.91 Å². The minimum Gasteiger partial charge on any atom is -0.381 e. The standard InChI is InChI=1S/C19H13F2N3OS/c20-12-3-11(4-13(21)5-12)8-23-14-1-2-18-16(6-14)17(19(25)24-18)7-15-9-22-10-26-15/h1-7,9-10,23H,8H2,(H,24,25)/b17-7-. The largest absolute Gasteiger partial charge is 0.381 e. The number of hydrogen-bond acceptors (Lipinski definition) is 4. The van der Waals surface area contributed by atoms with Crippen LogP contribution in [-0.2, 0) is 11.3 Å². The Morgan fingerprint density at radius 2 is 1.96 bits per heavy atom. The SMILES string of the molecule is O=C1Nc2ccc(NCc3cc(F)cc(F)c3)cc2/C1=C/c1cncs1. The van der Waals surface area contributed by atoms with Crippen LogP contribution < -0.4 is 10.6 Å². The molecule has 0 saturated carbocycles. The van der Waals surface area contributed by atoms with E-state index in [1.54, 1.807) is 23.8 Å². The molecule has 7 heteroatoms. The molecule has 1 aromatic heterocycles. The number of benzene rings is 2. The summed E-state index contributed by atoms with van der Waals surface area (Å²) in [6.07, 6.45) is 3.49. The molecular weight excluding hydrogens is 356 g/mol. The number of thiazole rings is 1. The van der Waals surface area contributed by atoms with Crippen molar-refractivity contribution in [3.8, 4) is 0 Å². The minimum atomic E-state index is -0.611. The third-order valence-corrected chi connectivity index (χ3v) is 4.68. The highest BCUT2D eigenvalue weighted by molar-refractivity contribution is 7.10. The minimum absolute atomic E-state index is 0.169. The van der Waals surface area contributed by atoms with Crippen LogP contribution in [0.4, 0.5) is 20.2 Å². The molecule has 1 amide bonds. The molecule has 0 spiro atoms. The van der Waals surface area contributed by atoms with Crippen LogP contribution in [0.5, 0.6) is 0 Å². The molecule has 0 saturated heterocycles. The number of amides is 1. The van der Waals surface area contributed by atoms with E-state index in [1.807, 2.05) is 12.1 Å². The van der Waals surface area contributed by atoms with Crippen LogP contribution in [0.3, 0.4) is 0 Å². The first kappa shape index (κ1) is 16.4. The molecule has 4 rings (SSSR count). The van der Waals surface area contributed by atoms with Gasteiger partial charge in [-0.1, -0.05) is 0 Å². The number of carbonyl (C=O) groups is 1. The van der Waals surface area contributed by atoms with Gasteiger partial charge in [0.1, 0.15) is 11.6 Å². The molecule has 2 N–H and O–H groups in total. The Morgan fingerprint density at radius 1 is 1.15 bits per heavy atom. The second-order valence-corrected chi connectivity index (χ2v) is 6.73. The molecule has 2 aromatic carbocycles. The maximum absolute atomic E-state index is 13.3. The first-order valence-electron chi connectivity index (χ1n) is 7.83. The van der Waals surface area contributed by atoms with E-state index in [9.17, 15) is 13.6 Å². The molecule has 0 aliphatic carbocycles. The molecule has 26 heavy (non-hydrogen) atoms. The summed E-state index contributed by atoms with van der Waals surface area (Å²) in [5, 5.41) is 5.96. The molecule has 130 valence electrons. The zero-order valence-electron chi connectivity index (χ0n) is 13.4. The molecule has 0 bridgehead atoms. The average Bonchev–Trinajstić information content (AvgIpc) is 3.21. The van der Waals surface area contributed by atoms with E-state index in [1.165, 1.54) is 23.5 Å². The van der Waals surface area contributed by atoms with E-state index in [-0.39, 0.29) is 12.5 Å². The molecule has 1 aliphatic rings. The van der Waals surface area contributed by atoms with Gasteiger partial charge in [0.2, 0.25) is 0 Å². The lowest BCUT2D eigenvalue weighted by atomic mass is 10.1. The summed E-state index contributed by atoms with van der Waals surface area (Å²) in [6.45, 7) is 0.267. The number of nitrogens with one attached hydrogen (secondary N) is 2. The molecule has 1 aliphatic heterocycles. The molecule has 0 fully saturated rings. The first-order chi connectivity index (χ1) is 12.6. The predicted octanol–water partition coefficient (Wildman–Crippen LogP) is 4.53. The Kier molecular flexibility index (Phi) is 4.22. The normalized spacial score (nSPS) is 14.4. The van der Waals surface area contributed by atoms with Crippen LogP contribution in [0, 0.1) is 11.6 Å². The topological polar surface area (TPSA) is 54.0 Å². The van der Waals surface area contributed by atoms with Crippen LogP contribution in [0.1, 0.15) is 16.0 Å². The first-order valence-corrected chi connectivity index (χ1v) is 8.71. The molecule has 0 atom stereocenters. The lowest BCUT2D eigenvalue weighted by molar-refractivity contribution is -0.110. The van der Waals surface area contributed by atoms with Crippen LogP contribution in [0.15, 0.2) is 48.1 Å². The zero-order valence-corrected chi connectivity index (χ0v) is 14.2. The van der Waals surface area contributed by atoms with Crippen molar-refractivity contribution in [3.05, 3.63) is 75.7 Å². The maximum Gasteiger partial charge on any atom is 0.256 e. The number of anilines is 2. The highest BCUT2D eigenvalue weighted by Gasteiger charge is 2.24. The Balaban J connectivity index is 1.59. The molecular formula is C19H13F2N3OS. The van der Waals surface area contributed by atoms with Crippen LogP contribution in [-0.4, -0.2) is 10.9 Å². The fourth-order valence-electron chi connectivity index (χ4n) is 2.80. The Labute approximate surface area is 152 Å². The number of rotatable bonds is 4. The second-order valence-electron chi connectivity index (χ2n) is 5.81. The van der Waals surface area contributed by atoms with Crippen molar-refractivity contribution < 1.29 is 13.6 Å². The number of halogens is 2. The van der Waals surface area contributed by atoms with Gasteiger partial charge in [-0.05, 0) is 42.0 Å². The Hall–Kier alpha value is -3.06. The van der Waals surface area contributed by atoms with Gasteiger partial charge in [0.05, 0.1) is 11.1 Å². The molecule has 0 radical (unpaired) electrons. The Morgan fingerprint density at radius 3 is 2.69 bits per heavy atom. The number of fused-ring (bicyclic) bond motifs is 1. The average molecular weight is 369 g/mol. The van der Waals surface area contributed by atoms with E-state index in [2.05, 4.69) is 15.6 Å². The summed E-state index contributed by atoms with van der Waals surface area (Å²) in [5.41, 5.74) is 5.02. The van der Waals surface area contributed by atoms with Gasteiger partial charge in [-0.15, -0.1) is 11.3 Å². The fraction of sp³-hybridized carbons (Fsp3) is 0.0526. The predicted molar refractivity (Wildman–Crippen MR) is 98.7 cm³/mol. The van der Waals surface area contributed by atoms with Gasteiger partial charge in [0.15, 0.2) is 0 Å². The van der Waals surface area contributed by atoms with Crippen molar-refractivity contribution in [1.82, 2.24) is 4.98 Å². The second kappa shape index (κ2) is 6.68. The van der Waals surface area contributed by atoms with E-state index in [0.717, 1.165) is 27.9 Å². The summed E-state index contributed by atoms with van der Waals surface area (Å²) in [6, 6.07) is 8.86. The number of aromatic nitrogens is 1. The molecule has 3 aromatic rings. The lowest BCUT2D eigenvalue weighted by Gasteiger charge is -2.09. The number of hydrogen-bond donors (Lipinski definition) is 2. The van der Waals surface area contributed by atoms with E-state index in [0.29, 0.717) is 11.1 Å². The number of carbonyl (C=O) groups excluding carboxylic acids is 1. The summed E-state index contributed by atoms with van der Waals surface area (Å²) in [7, 11) is 0. The van der Waals surface area contributed by atoms with Crippen molar-refractivity contribution in [1.29, 1.82) is 0 Å². The van der Waals surface area contributed by atoms with Crippen molar-refractivity contribution >= 4 is 40.3 Å². The Bertz CT molecular complexity index is 995. The monoisotopic (exact) mass is 369 g/mol. The van der Waals surface area contributed by atoms with Crippen LogP contribution >= 0.6 is 11.3 Å². The third-order valence-electron chi connectivity index (χ3n) is 3.96. The maximum atomic E-state index is 13.3. The van der Waals surface area contributed by atoms with Crippen molar-refractivity contribution in [2.75, 3.05) is 10.6 Å². The zero-order chi connectivity index (χ0) is 18.1. The summed E-state index contributed by atoms with van der Waals surface area (Å²) in [4.78, 5) is 17.1. The van der Waals surface area contributed by atoms with E-state index < -0.39 is 11.6 Å². The summed E-state index contributed by atoms with van der Waals surface area (Å²) >= 11 is 1.45. The van der Waals surface area contributed by atoms with Crippen molar-refractivity contribution in [2.24, 2.45) is 0 Å². The smallest absolute Gasteiger partial charge is 0.256 e. The van der Waals surface area contributed by atoms with Gasteiger partial charge in [-0.3, -0.25) is 9.78 Å². The number of nitrogens with zero attached hydrogens (tertiary/aromatic N) is 1. The molecule has 0 unspecified atom stereocenters. The van der Waals surface area contributed by atoms with Gasteiger partial charge in [-0.25, -0.2) is 8.78 Å². The van der Waals surface area contributed by atoms with Gasteiger partial charge in [0, 0.05) is 40.6 Å². The van der Waals surface area contributed by atoms with E-state index in [4.69, 9.17) is 0 Å². The van der Waals surface area contributed by atoms with Crippen LogP contribution in [0.25, 0.3) is 11.6 Å². The highest BCUT2D eigenvalue weighted by Crippen LogP contribution is 2.35. The third kappa shape index (κ3) is 3.34. The quantitative estimate of drug-likeness (QED) is 0.665. The van der Waals surface area contributed by atoms with Gasteiger partial charge >= 0.3 is 0 Å². The highest BCUT2D eigenvalue weighted by atomic mass is 32.1. The van der Waals surface area contributed by atoms with Crippen molar-refractivity contribution in [2.45, 2.75) is 6.54 Å². The lowest BCUT2D eigenvalue weighted by Crippen LogP contribution is -2.03. The molecule has 4 nitrogen and oxygen atoms in total. The fourth-order valence-corrected chi connectivity index (χ4v) is 3.35. The van der Waals surface area contributed by atoms with Crippen molar-refractivity contribution in [3.63, 3.8) is 0 Å².